The summed E-state index contributed by atoms with van der Waals surface area (Å²) >= 11 is 0. The summed E-state index contributed by atoms with van der Waals surface area (Å²) in [6.07, 6.45) is 4.99. The van der Waals surface area contributed by atoms with E-state index in [0.717, 1.165) is 41.4 Å². The van der Waals surface area contributed by atoms with Gasteiger partial charge < -0.3 is 9.64 Å². The van der Waals surface area contributed by atoms with Crippen LogP contribution in [0.1, 0.15) is 46.9 Å². The molecule has 2 bridgehead atoms. The van der Waals surface area contributed by atoms with E-state index in [1.165, 1.54) is 19.2 Å². The van der Waals surface area contributed by atoms with E-state index in [9.17, 15) is 13.6 Å². The molecular formula is C27H24F2N4O2. The minimum Gasteiger partial charge on any atom is -0.491 e. The van der Waals surface area contributed by atoms with E-state index in [4.69, 9.17) is 9.84 Å². The van der Waals surface area contributed by atoms with E-state index in [0.29, 0.717) is 23.2 Å². The van der Waals surface area contributed by atoms with E-state index in [1.54, 1.807) is 17.9 Å². The van der Waals surface area contributed by atoms with Gasteiger partial charge in [0.1, 0.15) is 0 Å². The minimum absolute atomic E-state index is 0.00534. The lowest BCUT2D eigenvalue weighted by Gasteiger charge is -2.45. The molecule has 0 saturated carbocycles. The lowest BCUT2D eigenvalue weighted by molar-refractivity contribution is 0.0392. The van der Waals surface area contributed by atoms with Gasteiger partial charge in [-0.25, -0.2) is 8.78 Å². The molecule has 35 heavy (non-hydrogen) atoms. The zero-order valence-corrected chi connectivity index (χ0v) is 19.5. The van der Waals surface area contributed by atoms with Crippen LogP contribution in [-0.2, 0) is 13.5 Å². The monoisotopic (exact) mass is 474 g/mol. The van der Waals surface area contributed by atoms with Crippen LogP contribution in [0.4, 0.5) is 8.78 Å². The van der Waals surface area contributed by atoms with Crippen LogP contribution in [0.25, 0.3) is 22.2 Å². The highest BCUT2D eigenvalue weighted by Gasteiger charge is 2.43. The van der Waals surface area contributed by atoms with Crippen molar-refractivity contribution in [2.45, 2.75) is 37.8 Å². The van der Waals surface area contributed by atoms with Crippen molar-refractivity contribution >= 4 is 16.8 Å². The molecule has 2 aliphatic rings. The van der Waals surface area contributed by atoms with Crippen molar-refractivity contribution in [3.63, 3.8) is 0 Å². The van der Waals surface area contributed by atoms with Gasteiger partial charge in [0.15, 0.2) is 17.4 Å². The number of halogens is 2. The highest BCUT2D eigenvalue weighted by atomic mass is 19.1. The first-order chi connectivity index (χ1) is 17.0. The number of hydrogen-bond acceptors (Lipinski definition) is 4. The maximum Gasteiger partial charge on any atom is 0.254 e. The molecule has 0 aliphatic carbocycles. The van der Waals surface area contributed by atoms with Gasteiger partial charge in [-0.05, 0) is 62.1 Å². The quantitative estimate of drug-likeness (QED) is 0.409. The Morgan fingerprint density at radius 2 is 1.91 bits per heavy atom. The lowest BCUT2D eigenvalue weighted by atomic mass is 9.81. The first-order valence-corrected chi connectivity index (χ1v) is 11.7. The van der Waals surface area contributed by atoms with E-state index in [1.807, 2.05) is 35.2 Å². The minimum atomic E-state index is -0.754. The molecule has 2 unspecified atom stereocenters. The Morgan fingerprint density at radius 1 is 1.11 bits per heavy atom. The summed E-state index contributed by atoms with van der Waals surface area (Å²) in [5.74, 6) is -1.93. The molecule has 6 nitrogen and oxygen atoms in total. The third kappa shape index (κ3) is 3.38. The van der Waals surface area contributed by atoms with Crippen molar-refractivity contribution in [1.82, 2.24) is 19.7 Å². The van der Waals surface area contributed by atoms with Crippen LogP contribution < -0.4 is 4.74 Å². The zero-order chi connectivity index (χ0) is 24.3. The van der Waals surface area contributed by atoms with Crippen LogP contribution in [0, 0.1) is 11.6 Å². The number of fused-ring (bicyclic) bond motifs is 5. The molecule has 6 rings (SSSR count). The molecular weight excluding hydrogens is 450 g/mol. The van der Waals surface area contributed by atoms with E-state index >= 15 is 0 Å². The fourth-order valence-electron chi connectivity index (χ4n) is 5.76. The average molecular weight is 475 g/mol. The van der Waals surface area contributed by atoms with Crippen LogP contribution in [0.5, 0.6) is 5.75 Å². The number of aryl methyl sites for hydroxylation is 1. The number of nitrogens with zero attached hydrogens (tertiary/aromatic N) is 4. The van der Waals surface area contributed by atoms with Crippen molar-refractivity contribution in [3.8, 4) is 17.0 Å². The maximum atomic E-state index is 14.5. The van der Waals surface area contributed by atoms with Crippen molar-refractivity contribution < 1.29 is 18.3 Å². The van der Waals surface area contributed by atoms with Crippen LogP contribution in [0.15, 0.2) is 48.7 Å². The zero-order valence-electron chi connectivity index (χ0n) is 19.5. The topological polar surface area (TPSA) is 60.2 Å². The first kappa shape index (κ1) is 21.7. The van der Waals surface area contributed by atoms with Crippen LogP contribution in [0.3, 0.4) is 0 Å². The molecule has 2 aromatic carbocycles. The summed E-state index contributed by atoms with van der Waals surface area (Å²) in [5, 5.41) is 5.68. The lowest BCUT2D eigenvalue weighted by Crippen LogP contribution is -2.49. The molecule has 8 heteroatoms. The van der Waals surface area contributed by atoms with Gasteiger partial charge >= 0.3 is 0 Å². The Kier molecular flexibility index (Phi) is 5.05. The van der Waals surface area contributed by atoms with E-state index in [-0.39, 0.29) is 18.0 Å². The molecule has 1 fully saturated rings. The van der Waals surface area contributed by atoms with Crippen LogP contribution in [-0.4, -0.2) is 38.7 Å². The highest BCUT2D eigenvalue weighted by Crippen LogP contribution is 2.45. The summed E-state index contributed by atoms with van der Waals surface area (Å²) in [4.78, 5) is 20.1. The number of hydrogen-bond donors (Lipinski definition) is 0. The van der Waals surface area contributed by atoms with Gasteiger partial charge in [0.05, 0.1) is 30.1 Å². The van der Waals surface area contributed by atoms with Gasteiger partial charge in [-0.1, -0.05) is 6.07 Å². The fourth-order valence-corrected chi connectivity index (χ4v) is 5.76. The van der Waals surface area contributed by atoms with Gasteiger partial charge in [0.25, 0.3) is 5.91 Å². The number of piperidine rings is 1. The molecule has 4 aromatic rings. The summed E-state index contributed by atoms with van der Waals surface area (Å²) in [6, 6.07) is 11.8. The molecule has 0 spiro atoms. The molecule has 1 saturated heterocycles. The molecule has 2 atom stereocenters. The number of carbonyl (C=O) groups is 1. The number of carbonyl (C=O) groups excluding carboxylic acids is 1. The number of benzene rings is 2. The predicted octanol–water partition coefficient (Wildman–Crippen LogP) is 5.21. The summed E-state index contributed by atoms with van der Waals surface area (Å²) in [6.45, 7) is 0. The number of rotatable bonds is 3. The second-order valence-electron chi connectivity index (χ2n) is 9.24. The second kappa shape index (κ2) is 8.15. The van der Waals surface area contributed by atoms with Crippen LogP contribution >= 0.6 is 0 Å². The Bertz CT molecular complexity index is 1460. The van der Waals surface area contributed by atoms with E-state index in [2.05, 4.69) is 4.98 Å². The predicted molar refractivity (Wildman–Crippen MR) is 127 cm³/mol. The summed E-state index contributed by atoms with van der Waals surface area (Å²) < 4.78 is 35.5. The number of aromatic nitrogens is 3. The number of pyridine rings is 1. The number of methoxy groups -OCH3 is 1. The molecule has 2 aromatic heterocycles. The Balaban J connectivity index is 1.42. The molecule has 4 heterocycles. The SMILES string of the molecule is COc1c(F)cc(-c2c3c(nn2C)C2CCCC(C3)N2C(=O)c2ccc3ncccc3c2)cc1F. The van der Waals surface area contributed by atoms with Crippen LogP contribution in [0.2, 0.25) is 0 Å². The molecule has 2 aliphatic heterocycles. The van der Waals surface area contributed by atoms with Gasteiger partial charge in [-0.15, -0.1) is 0 Å². The standard InChI is InChI=1S/C27H24F2N4O2/c1-32-25(17-12-20(28)26(35-2)21(29)13-17)19-14-18-6-3-7-23(24(19)31-32)33(18)27(34)16-8-9-22-15(11-16)5-4-10-30-22/h4-5,8-13,18,23H,3,6-7,14H2,1-2H3. The third-order valence-corrected chi connectivity index (χ3v) is 7.24. The van der Waals surface area contributed by atoms with Gasteiger partial charge in [0.2, 0.25) is 0 Å². The summed E-state index contributed by atoms with van der Waals surface area (Å²) in [7, 11) is 3.02. The molecule has 0 N–H and O–H groups in total. The van der Waals surface area contributed by atoms with Crippen molar-refractivity contribution in [1.29, 1.82) is 0 Å². The van der Waals surface area contributed by atoms with Crippen molar-refractivity contribution in [2.24, 2.45) is 7.05 Å². The van der Waals surface area contributed by atoms with Gasteiger partial charge in [0, 0.05) is 41.4 Å². The smallest absolute Gasteiger partial charge is 0.254 e. The average Bonchev–Trinajstić information content (AvgIpc) is 3.18. The Labute approximate surface area is 201 Å². The number of amides is 1. The van der Waals surface area contributed by atoms with Crippen molar-refractivity contribution in [2.75, 3.05) is 7.11 Å². The fraction of sp³-hybridized carbons (Fsp3) is 0.296. The molecule has 178 valence electrons. The molecule has 0 radical (unpaired) electrons. The van der Waals surface area contributed by atoms with Crippen molar-refractivity contribution in [3.05, 3.63) is 77.1 Å². The van der Waals surface area contributed by atoms with Gasteiger partial charge in [-0.3, -0.25) is 14.5 Å². The Morgan fingerprint density at radius 3 is 2.69 bits per heavy atom. The van der Waals surface area contributed by atoms with E-state index < -0.39 is 17.4 Å². The first-order valence-electron chi connectivity index (χ1n) is 11.7. The largest absolute Gasteiger partial charge is 0.491 e. The highest BCUT2D eigenvalue weighted by molar-refractivity contribution is 5.98. The summed E-state index contributed by atoms with van der Waals surface area (Å²) in [5.41, 5.74) is 4.33. The number of ether oxygens (including phenoxy) is 1. The Hall–Kier alpha value is -3.81. The third-order valence-electron chi connectivity index (χ3n) is 7.24. The normalized spacial score (nSPS) is 19.0. The second-order valence-corrected chi connectivity index (χ2v) is 9.24. The molecule has 1 amide bonds. The van der Waals surface area contributed by atoms with Gasteiger partial charge in [-0.2, -0.15) is 5.10 Å². The maximum absolute atomic E-state index is 14.5.